The summed E-state index contributed by atoms with van der Waals surface area (Å²) in [5.74, 6) is 0. The zero-order valence-electron chi connectivity index (χ0n) is 12.2. The van der Waals surface area contributed by atoms with Gasteiger partial charge in [-0.3, -0.25) is 0 Å². The summed E-state index contributed by atoms with van der Waals surface area (Å²) in [6, 6.07) is 1.49. The summed E-state index contributed by atoms with van der Waals surface area (Å²) in [6.07, 6.45) is 8.33. The van der Waals surface area contributed by atoms with Crippen molar-refractivity contribution >= 4 is 15.4 Å². The standard InChI is InChI=1S/C13H31NOSi2/c1-16(2)12-10-13(15-17(16,3)4)9-7-5-6-8-11-14/h13H,5-12,14H2,1-4H3. The van der Waals surface area contributed by atoms with E-state index in [1.165, 1.54) is 44.6 Å². The van der Waals surface area contributed by atoms with E-state index in [1.807, 2.05) is 0 Å². The van der Waals surface area contributed by atoms with Crippen LogP contribution in [0.25, 0.3) is 0 Å². The summed E-state index contributed by atoms with van der Waals surface area (Å²) in [5, 5.41) is 0. The molecule has 1 heterocycles. The Kier molecular flexibility index (Phi) is 5.89. The van der Waals surface area contributed by atoms with E-state index in [-0.39, 0.29) is 0 Å². The molecule has 4 heteroatoms. The number of hydrogen-bond donors (Lipinski definition) is 1. The maximum atomic E-state index is 6.47. The average molecular weight is 274 g/mol. The van der Waals surface area contributed by atoms with Crippen LogP contribution in [0.4, 0.5) is 0 Å². The largest absolute Gasteiger partial charge is 0.417 e. The molecular weight excluding hydrogens is 242 g/mol. The van der Waals surface area contributed by atoms with Crippen LogP contribution in [0.5, 0.6) is 0 Å². The number of unbranched alkanes of at least 4 members (excludes halogenated alkanes) is 3. The second-order valence-corrected chi connectivity index (χ2v) is 21.9. The number of rotatable bonds is 6. The molecule has 0 aromatic rings. The van der Waals surface area contributed by atoms with Gasteiger partial charge in [-0.15, -0.1) is 0 Å². The van der Waals surface area contributed by atoms with E-state index >= 15 is 0 Å². The number of hydrogen-bond acceptors (Lipinski definition) is 2. The maximum absolute atomic E-state index is 6.47. The van der Waals surface area contributed by atoms with Crippen LogP contribution < -0.4 is 5.73 Å². The molecule has 0 saturated carbocycles. The van der Waals surface area contributed by atoms with Crippen molar-refractivity contribution in [2.75, 3.05) is 6.54 Å². The third kappa shape index (κ3) is 4.50. The SMILES string of the molecule is C[Si]1(C)CCC(CCCCCCN)O[Si]1(C)C. The second-order valence-electron chi connectivity index (χ2n) is 6.66. The van der Waals surface area contributed by atoms with Crippen molar-refractivity contribution in [3.63, 3.8) is 0 Å². The molecule has 0 amide bonds. The summed E-state index contributed by atoms with van der Waals surface area (Å²) in [5.41, 5.74) is 5.50. The van der Waals surface area contributed by atoms with Crippen LogP contribution in [-0.4, -0.2) is 28.1 Å². The average Bonchev–Trinajstić information content (AvgIpc) is 2.23. The van der Waals surface area contributed by atoms with Crippen molar-refractivity contribution in [2.45, 2.75) is 76.9 Å². The molecule has 1 unspecified atom stereocenters. The molecule has 17 heavy (non-hydrogen) atoms. The first-order valence-electron chi connectivity index (χ1n) is 7.27. The van der Waals surface area contributed by atoms with Gasteiger partial charge in [-0.25, -0.2) is 0 Å². The predicted molar refractivity (Wildman–Crippen MR) is 81.4 cm³/mol. The highest BCUT2D eigenvalue weighted by Gasteiger charge is 2.47. The van der Waals surface area contributed by atoms with Crippen LogP contribution in [0.15, 0.2) is 0 Å². The van der Waals surface area contributed by atoms with Gasteiger partial charge < -0.3 is 10.2 Å². The molecular formula is C13H31NOSi2. The molecule has 1 aliphatic heterocycles. The van der Waals surface area contributed by atoms with Crippen LogP contribution in [0.1, 0.15) is 38.5 Å². The molecule has 0 spiro atoms. The normalized spacial score (nSPS) is 27.0. The molecule has 1 aliphatic rings. The Morgan fingerprint density at radius 1 is 1.06 bits per heavy atom. The van der Waals surface area contributed by atoms with Crippen molar-refractivity contribution in [3.05, 3.63) is 0 Å². The Morgan fingerprint density at radius 3 is 2.29 bits per heavy atom. The Morgan fingerprint density at radius 2 is 1.71 bits per heavy atom. The highest BCUT2D eigenvalue weighted by Crippen LogP contribution is 2.34. The monoisotopic (exact) mass is 273 g/mol. The van der Waals surface area contributed by atoms with Gasteiger partial charge in [-0.2, -0.15) is 0 Å². The lowest BCUT2D eigenvalue weighted by molar-refractivity contribution is 0.171. The molecule has 0 aromatic heterocycles. The van der Waals surface area contributed by atoms with Crippen molar-refractivity contribution in [1.29, 1.82) is 0 Å². The molecule has 2 N–H and O–H groups in total. The van der Waals surface area contributed by atoms with Gasteiger partial charge in [-0.1, -0.05) is 38.4 Å². The Bertz CT molecular complexity index is 231. The lowest BCUT2D eigenvalue weighted by atomic mass is 10.1. The Hall–Kier alpha value is 0.354. The number of nitrogens with two attached hydrogens (primary N) is 1. The third-order valence-corrected chi connectivity index (χ3v) is 21.3. The minimum Gasteiger partial charge on any atom is -0.417 e. The summed E-state index contributed by atoms with van der Waals surface area (Å²) in [6.45, 7) is 10.8. The molecule has 1 rings (SSSR count). The van der Waals surface area contributed by atoms with Crippen LogP contribution in [-0.2, 0) is 4.43 Å². The van der Waals surface area contributed by atoms with Crippen LogP contribution >= 0.6 is 0 Å². The lowest BCUT2D eigenvalue weighted by Crippen LogP contribution is -2.61. The van der Waals surface area contributed by atoms with E-state index in [2.05, 4.69) is 26.2 Å². The highest BCUT2D eigenvalue weighted by atomic mass is 29.3. The fraction of sp³-hybridized carbons (Fsp3) is 1.00. The van der Waals surface area contributed by atoms with Crippen molar-refractivity contribution in [2.24, 2.45) is 5.73 Å². The van der Waals surface area contributed by atoms with Gasteiger partial charge in [0.15, 0.2) is 7.83 Å². The molecule has 1 atom stereocenters. The molecule has 1 fully saturated rings. The van der Waals surface area contributed by atoms with E-state index in [0.717, 1.165) is 6.54 Å². The third-order valence-electron chi connectivity index (χ3n) is 4.66. The zero-order chi connectivity index (χ0) is 12.9. The first kappa shape index (κ1) is 15.4. The van der Waals surface area contributed by atoms with Gasteiger partial charge in [0.05, 0.1) is 7.59 Å². The van der Waals surface area contributed by atoms with Gasteiger partial charge >= 0.3 is 0 Å². The minimum absolute atomic E-state index is 0.579. The van der Waals surface area contributed by atoms with E-state index in [9.17, 15) is 0 Å². The minimum atomic E-state index is -1.34. The fourth-order valence-corrected chi connectivity index (χ4v) is 9.26. The van der Waals surface area contributed by atoms with Crippen molar-refractivity contribution in [3.8, 4) is 0 Å². The quantitative estimate of drug-likeness (QED) is 0.592. The van der Waals surface area contributed by atoms with Crippen LogP contribution in [0.3, 0.4) is 0 Å². The Balaban J connectivity index is 2.24. The molecule has 0 radical (unpaired) electrons. The molecule has 0 aliphatic carbocycles. The van der Waals surface area contributed by atoms with Crippen molar-refractivity contribution in [1.82, 2.24) is 0 Å². The smallest absolute Gasteiger partial charge is 0.174 e. The molecule has 2 nitrogen and oxygen atoms in total. The summed E-state index contributed by atoms with van der Waals surface area (Å²) in [7, 11) is -2.36. The molecule has 0 aromatic carbocycles. The molecule has 102 valence electrons. The zero-order valence-corrected chi connectivity index (χ0v) is 14.2. The van der Waals surface area contributed by atoms with E-state index < -0.39 is 15.4 Å². The highest BCUT2D eigenvalue weighted by molar-refractivity contribution is 7.38. The first-order chi connectivity index (χ1) is 7.89. The van der Waals surface area contributed by atoms with E-state index in [4.69, 9.17) is 10.2 Å². The Labute approximate surface area is 109 Å². The van der Waals surface area contributed by atoms with E-state index in [0.29, 0.717) is 6.10 Å². The van der Waals surface area contributed by atoms with Crippen LogP contribution in [0, 0.1) is 0 Å². The topological polar surface area (TPSA) is 35.2 Å². The second kappa shape index (κ2) is 6.50. The van der Waals surface area contributed by atoms with E-state index in [1.54, 1.807) is 0 Å². The van der Waals surface area contributed by atoms with Gasteiger partial charge in [0, 0.05) is 6.10 Å². The maximum Gasteiger partial charge on any atom is 0.174 e. The van der Waals surface area contributed by atoms with Gasteiger partial charge in [-0.05, 0) is 38.9 Å². The van der Waals surface area contributed by atoms with Gasteiger partial charge in [0.1, 0.15) is 0 Å². The molecule has 1 saturated heterocycles. The van der Waals surface area contributed by atoms with Gasteiger partial charge in [0.2, 0.25) is 0 Å². The summed E-state index contributed by atoms with van der Waals surface area (Å²) in [4.78, 5) is 0. The summed E-state index contributed by atoms with van der Waals surface area (Å²) < 4.78 is 6.47. The first-order valence-corrected chi connectivity index (χ1v) is 14.4. The summed E-state index contributed by atoms with van der Waals surface area (Å²) >= 11 is 0. The van der Waals surface area contributed by atoms with Gasteiger partial charge in [0.25, 0.3) is 0 Å². The fourth-order valence-electron chi connectivity index (χ4n) is 2.53. The van der Waals surface area contributed by atoms with Crippen molar-refractivity contribution < 1.29 is 4.43 Å². The van der Waals surface area contributed by atoms with Crippen LogP contribution in [0.2, 0.25) is 32.2 Å². The predicted octanol–water partition coefficient (Wildman–Crippen LogP) is 3.68. The molecule has 0 bridgehead atoms. The lowest BCUT2D eigenvalue weighted by Gasteiger charge is -2.45.